The van der Waals surface area contributed by atoms with Crippen LogP contribution in [0.25, 0.3) is 0 Å². The minimum absolute atomic E-state index is 0.0376. The van der Waals surface area contributed by atoms with Crippen molar-refractivity contribution in [3.05, 3.63) is 83.2 Å². The number of aromatic nitrogens is 2. The molecule has 1 fully saturated rings. The molecule has 37 heavy (non-hydrogen) atoms. The van der Waals surface area contributed by atoms with E-state index in [1.165, 1.54) is 48.8 Å². The van der Waals surface area contributed by atoms with Gasteiger partial charge in [-0.05, 0) is 25.1 Å². The molecule has 0 aliphatic carbocycles. The van der Waals surface area contributed by atoms with E-state index >= 15 is 0 Å². The van der Waals surface area contributed by atoms with Crippen LogP contribution in [0.15, 0.2) is 54.9 Å². The Balaban J connectivity index is 1.43. The van der Waals surface area contributed by atoms with Crippen LogP contribution in [-0.4, -0.2) is 40.5 Å². The van der Waals surface area contributed by atoms with Crippen molar-refractivity contribution < 1.29 is 27.5 Å². The van der Waals surface area contributed by atoms with E-state index in [-0.39, 0.29) is 54.2 Å². The summed E-state index contributed by atoms with van der Waals surface area (Å²) in [5.74, 6) is -4.26. The fraction of sp³-hybridized carbons (Fsp3) is 0.308. The topological polar surface area (TPSA) is 105 Å². The van der Waals surface area contributed by atoms with Gasteiger partial charge < -0.3 is 20.7 Å². The second-order valence-corrected chi connectivity index (χ2v) is 8.91. The van der Waals surface area contributed by atoms with Gasteiger partial charge in [0.05, 0.1) is 12.2 Å². The average Bonchev–Trinajstić information content (AvgIpc) is 3.33. The quantitative estimate of drug-likeness (QED) is 0.421. The number of hydrogen-bond acceptors (Lipinski definition) is 6. The van der Waals surface area contributed by atoms with Gasteiger partial charge in [-0.25, -0.2) is 23.1 Å². The molecule has 2 heterocycles. The second-order valence-electron chi connectivity index (χ2n) is 8.91. The Morgan fingerprint density at radius 3 is 2.51 bits per heavy atom. The Morgan fingerprint density at radius 2 is 1.86 bits per heavy atom. The van der Waals surface area contributed by atoms with Gasteiger partial charge in [0.25, 0.3) is 11.8 Å². The van der Waals surface area contributed by atoms with Crippen molar-refractivity contribution in [2.24, 2.45) is 0 Å². The van der Waals surface area contributed by atoms with Crippen molar-refractivity contribution >= 4 is 23.2 Å². The standard InChI is InChI=1S/C26H26F3N5O3/c1-16-30-13-18(14-31-16)23(35)34-26(9-10-37-15-26)24(36)32-12-17-7-8-19(11-21(17)27)33-22-6-4-3-5-20(22)25(2,28)29/h3-8,11,13-14,33H,9-10,12,15H2,1-2H3,(H,32,36)(H,34,35)/t26-/m0/s1. The number of nitrogens with zero attached hydrogens (tertiary/aromatic N) is 2. The number of rotatable bonds is 8. The number of carbonyl (C=O) groups is 2. The lowest BCUT2D eigenvalue weighted by Gasteiger charge is -2.27. The largest absolute Gasteiger partial charge is 0.378 e. The Bertz CT molecular complexity index is 1290. The van der Waals surface area contributed by atoms with Gasteiger partial charge in [0.1, 0.15) is 17.2 Å². The highest BCUT2D eigenvalue weighted by Gasteiger charge is 2.44. The van der Waals surface area contributed by atoms with Crippen LogP contribution in [0.3, 0.4) is 0 Å². The number of hydrogen-bond donors (Lipinski definition) is 3. The van der Waals surface area contributed by atoms with Gasteiger partial charge in [0.2, 0.25) is 5.91 Å². The third-order valence-corrected chi connectivity index (χ3v) is 6.02. The van der Waals surface area contributed by atoms with E-state index in [9.17, 15) is 22.8 Å². The van der Waals surface area contributed by atoms with Crippen LogP contribution in [0.1, 0.15) is 40.7 Å². The predicted octanol–water partition coefficient (Wildman–Crippen LogP) is 3.98. The third kappa shape index (κ3) is 6.05. The lowest BCUT2D eigenvalue weighted by molar-refractivity contribution is -0.127. The first-order valence-corrected chi connectivity index (χ1v) is 11.6. The molecule has 0 radical (unpaired) electrons. The summed E-state index contributed by atoms with van der Waals surface area (Å²) in [6.07, 6.45) is 2.97. The van der Waals surface area contributed by atoms with E-state index in [2.05, 4.69) is 25.9 Å². The third-order valence-electron chi connectivity index (χ3n) is 6.02. The molecule has 0 bridgehead atoms. The van der Waals surface area contributed by atoms with Gasteiger partial charge >= 0.3 is 0 Å². The summed E-state index contributed by atoms with van der Waals surface area (Å²) in [5.41, 5.74) is -0.725. The van der Waals surface area contributed by atoms with Crippen LogP contribution in [0, 0.1) is 12.7 Å². The van der Waals surface area contributed by atoms with Crippen LogP contribution < -0.4 is 16.0 Å². The SMILES string of the molecule is Cc1ncc(C(=O)N[C@@]2(C(=O)NCc3ccc(Nc4ccccc4C(C)(F)F)cc3F)CCOC2)cn1. The molecule has 1 aliphatic rings. The molecule has 0 saturated carbocycles. The number of benzene rings is 2. The highest BCUT2D eigenvalue weighted by Crippen LogP contribution is 2.34. The maximum atomic E-state index is 14.8. The fourth-order valence-electron chi connectivity index (χ4n) is 3.94. The minimum atomic E-state index is -3.08. The summed E-state index contributed by atoms with van der Waals surface area (Å²) in [6.45, 7) is 2.56. The zero-order valence-corrected chi connectivity index (χ0v) is 20.3. The van der Waals surface area contributed by atoms with E-state index in [0.29, 0.717) is 5.82 Å². The molecule has 4 rings (SSSR count). The van der Waals surface area contributed by atoms with Gasteiger partial charge in [-0.1, -0.05) is 24.3 Å². The number of carbonyl (C=O) groups excluding carboxylic acids is 2. The number of para-hydroxylation sites is 1. The molecule has 194 valence electrons. The lowest BCUT2D eigenvalue weighted by Crippen LogP contribution is -2.59. The van der Waals surface area contributed by atoms with E-state index in [1.807, 2.05) is 0 Å². The molecule has 11 heteroatoms. The summed E-state index contributed by atoms with van der Waals surface area (Å²) >= 11 is 0. The first-order chi connectivity index (χ1) is 17.6. The number of alkyl halides is 2. The predicted molar refractivity (Wildman–Crippen MR) is 130 cm³/mol. The monoisotopic (exact) mass is 513 g/mol. The van der Waals surface area contributed by atoms with Gasteiger partial charge in [-0.15, -0.1) is 0 Å². The number of ether oxygens (including phenoxy) is 1. The molecule has 1 aromatic heterocycles. The first kappa shape index (κ1) is 26.1. The molecule has 3 N–H and O–H groups in total. The normalized spacial score (nSPS) is 17.3. The molecule has 2 aromatic carbocycles. The average molecular weight is 514 g/mol. The van der Waals surface area contributed by atoms with E-state index in [1.54, 1.807) is 13.0 Å². The Morgan fingerprint density at radius 1 is 1.14 bits per heavy atom. The van der Waals surface area contributed by atoms with E-state index < -0.39 is 29.1 Å². The van der Waals surface area contributed by atoms with Gasteiger partial charge in [0.15, 0.2) is 0 Å². The summed E-state index contributed by atoms with van der Waals surface area (Å²) in [7, 11) is 0. The van der Waals surface area contributed by atoms with Crippen LogP contribution in [0.5, 0.6) is 0 Å². The van der Waals surface area contributed by atoms with E-state index in [4.69, 9.17) is 4.74 Å². The molecule has 0 spiro atoms. The number of nitrogens with one attached hydrogen (secondary N) is 3. The zero-order valence-electron chi connectivity index (χ0n) is 20.3. The van der Waals surface area contributed by atoms with Gasteiger partial charge in [0, 0.05) is 61.4 Å². The number of anilines is 2. The Kier molecular flexibility index (Phi) is 7.44. The molecule has 1 aliphatic heterocycles. The van der Waals surface area contributed by atoms with Crippen molar-refractivity contribution in [2.45, 2.75) is 38.3 Å². The number of amides is 2. The summed E-state index contributed by atoms with van der Waals surface area (Å²) in [6, 6.07) is 10.0. The summed E-state index contributed by atoms with van der Waals surface area (Å²) < 4.78 is 48.0. The van der Waals surface area contributed by atoms with Crippen molar-refractivity contribution in [3.63, 3.8) is 0 Å². The van der Waals surface area contributed by atoms with E-state index in [0.717, 1.165) is 6.92 Å². The van der Waals surface area contributed by atoms with Crippen LogP contribution in [0.4, 0.5) is 24.5 Å². The second kappa shape index (κ2) is 10.6. The Hall–Kier alpha value is -3.99. The first-order valence-electron chi connectivity index (χ1n) is 11.6. The van der Waals surface area contributed by atoms with Crippen molar-refractivity contribution in [1.82, 2.24) is 20.6 Å². The number of aryl methyl sites for hydroxylation is 1. The highest BCUT2D eigenvalue weighted by molar-refractivity contribution is 5.99. The maximum absolute atomic E-state index is 14.8. The highest BCUT2D eigenvalue weighted by atomic mass is 19.3. The van der Waals surface area contributed by atoms with Gasteiger partial charge in [-0.2, -0.15) is 0 Å². The summed E-state index contributed by atoms with van der Waals surface area (Å²) in [4.78, 5) is 33.7. The van der Waals surface area contributed by atoms with Crippen LogP contribution >= 0.6 is 0 Å². The Labute approximate surface area is 211 Å². The molecule has 8 nitrogen and oxygen atoms in total. The smallest absolute Gasteiger partial charge is 0.272 e. The summed E-state index contributed by atoms with van der Waals surface area (Å²) in [5, 5.41) is 8.20. The zero-order chi connectivity index (χ0) is 26.6. The number of halogens is 3. The van der Waals surface area contributed by atoms with Crippen molar-refractivity contribution in [3.8, 4) is 0 Å². The lowest BCUT2D eigenvalue weighted by atomic mass is 9.96. The molecule has 2 amide bonds. The molecule has 0 unspecified atom stereocenters. The van der Waals surface area contributed by atoms with Crippen molar-refractivity contribution in [2.75, 3.05) is 18.5 Å². The molecule has 3 aromatic rings. The van der Waals surface area contributed by atoms with Crippen LogP contribution in [0.2, 0.25) is 0 Å². The fourth-order valence-corrected chi connectivity index (χ4v) is 3.94. The maximum Gasteiger partial charge on any atom is 0.272 e. The van der Waals surface area contributed by atoms with Crippen LogP contribution in [-0.2, 0) is 22.0 Å². The van der Waals surface area contributed by atoms with Gasteiger partial charge in [-0.3, -0.25) is 9.59 Å². The minimum Gasteiger partial charge on any atom is -0.378 e. The molecule has 1 saturated heterocycles. The molecular formula is C26H26F3N5O3. The van der Waals surface area contributed by atoms with Crippen molar-refractivity contribution in [1.29, 1.82) is 0 Å². The molecular weight excluding hydrogens is 487 g/mol. The molecule has 1 atom stereocenters.